The zero-order valence-electron chi connectivity index (χ0n) is 19.5. The summed E-state index contributed by atoms with van der Waals surface area (Å²) in [6.45, 7) is 0.691. The number of ether oxygens (including phenoxy) is 2. The van der Waals surface area contributed by atoms with Crippen molar-refractivity contribution in [1.82, 2.24) is 9.88 Å². The van der Waals surface area contributed by atoms with Crippen LogP contribution in [-0.4, -0.2) is 53.8 Å². The van der Waals surface area contributed by atoms with E-state index in [0.29, 0.717) is 23.9 Å². The van der Waals surface area contributed by atoms with Gasteiger partial charge in [0.1, 0.15) is 24.7 Å². The lowest BCUT2D eigenvalue weighted by molar-refractivity contribution is -0.138. The van der Waals surface area contributed by atoms with Crippen LogP contribution < -0.4 is 14.4 Å². The number of carboxylic acid groups (broad SMARTS) is 1. The van der Waals surface area contributed by atoms with Crippen LogP contribution in [0.4, 0.5) is 9.93 Å². The minimum atomic E-state index is -1.14. The molecule has 1 N–H and O–H groups in total. The number of aliphatic carboxylic acids is 1. The molecule has 0 unspecified atom stereocenters. The van der Waals surface area contributed by atoms with Crippen molar-refractivity contribution in [3.8, 4) is 11.5 Å². The van der Waals surface area contributed by atoms with Gasteiger partial charge in [-0.05, 0) is 54.1 Å². The highest BCUT2D eigenvalue weighted by Crippen LogP contribution is 2.27. The molecule has 0 radical (unpaired) electrons. The first-order valence-corrected chi connectivity index (χ1v) is 12.3. The van der Waals surface area contributed by atoms with Crippen LogP contribution in [0.2, 0.25) is 5.02 Å². The lowest BCUT2D eigenvalue weighted by atomic mass is 10.2. The molecule has 4 aromatic rings. The van der Waals surface area contributed by atoms with E-state index in [4.69, 9.17) is 21.1 Å². The van der Waals surface area contributed by atoms with Gasteiger partial charge in [0.2, 0.25) is 0 Å². The number of rotatable bonds is 10. The van der Waals surface area contributed by atoms with Gasteiger partial charge in [0.15, 0.2) is 5.13 Å². The van der Waals surface area contributed by atoms with Gasteiger partial charge < -0.3 is 19.5 Å². The molecule has 10 heteroatoms. The fraction of sp³-hybridized carbons (Fsp3) is 0.192. The molecule has 3 aromatic carbocycles. The van der Waals surface area contributed by atoms with Crippen LogP contribution in [0, 0.1) is 0 Å². The molecule has 0 fully saturated rings. The number of hydrogen-bond acceptors (Lipinski definition) is 7. The Labute approximate surface area is 217 Å². The van der Waals surface area contributed by atoms with Crippen molar-refractivity contribution in [2.45, 2.75) is 6.54 Å². The molecule has 4 rings (SSSR count). The standard InChI is InChI=1S/C26H24ClN3O5S/c1-29(25-28-22-4-2-3-5-23(22)36-25)14-15-34-20-10-6-18(7-11-20)16-30(17-24(31)32)26(33)35-21-12-8-19(27)9-13-21/h2-13H,14-17H2,1H3,(H,31,32). The van der Waals surface area contributed by atoms with Crippen LogP contribution in [-0.2, 0) is 11.3 Å². The van der Waals surface area contributed by atoms with Crippen LogP contribution in [0.1, 0.15) is 5.56 Å². The number of fused-ring (bicyclic) bond motifs is 1. The maximum absolute atomic E-state index is 12.6. The van der Waals surface area contributed by atoms with Crippen molar-refractivity contribution in [3.63, 3.8) is 0 Å². The predicted octanol–water partition coefficient (Wildman–Crippen LogP) is 5.55. The van der Waals surface area contributed by atoms with Gasteiger partial charge in [0, 0.05) is 18.6 Å². The van der Waals surface area contributed by atoms with Crippen LogP contribution in [0.15, 0.2) is 72.8 Å². The number of nitrogens with zero attached hydrogens (tertiary/aromatic N) is 3. The van der Waals surface area contributed by atoms with Crippen molar-refractivity contribution < 1.29 is 24.2 Å². The normalized spacial score (nSPS) is 10.7. The third-order valence-corrected chi connectivity index (χ3v) is 6.61. The molecule has 1 amide bonds. The molecule has 186 valence electrons. The van der Waals surface area contributed by atoms with E-state index in [0.717, 1.165) is 25.8 Å². The molecular formula is C26H24ClN3O5S. The molecule has 0 aliphatic carbocycles. The smallest absolute Gasteiger partial charge is 0.416 e. The highest BCUT2D eigenvalue weighted by Gasteiger charge is 2.19. The first kappa shape index (κ1) is 25.3. The van der Waals surface area contributed by atoms with Crippen LogP contribution in [0.3, 0.4) is 0 Å². The van der Waals surface area contributed by atoms with Gasteiger partial charge in [0.25, 0.3) is 0 Å². The zero-order chi connectivity index (χ0) is 25.5. The van der Waals surface area contributed by atoms with Crippen molar-refractivity contribution in [1.29, 1.82) is 0 Å². The summed E-state index contributed by atoms with van der Waals surface area (Å²) < 4.78 is 12.3. The van der Waals surface area contributed by atoms with Crippen molar-refractivity contribution >= 4 is 50.3 Å². The fourth-order valence-corrected chi connectivity index (χ4v) is 4.43. The predicted molar refractivity (Wildman–Crippen MR) is 140 cm³/mol. The number of para-hydroxylation sites is 1. The number of amides is 1. The lowest BCUT2D eigenvalue weighted by Crippen LogP contribution is -2.37. The highest BCUT2D eigenvalue weighted by molar-refractivity contribution is 7.22. The summed E-state index contributed by atoms with van der Waals surface area (Å²) in [7, 11) is 1.98. The first-order chi connectivity index (χ1) is 17.4. The van der Waals surface area contributed by atoms with E-state index in [1.807, 2.05) is 25.2 Å². The maximum atomic E-state index is 12.6. The Morgan fingerprint density at radius 3 is 2.39 bits per heavy atom. The third-order valence-electron chi connectivity index (χ3n) is 5.20. The minimum absolute atomic E-state index is 0.0688. The average Bonchev–Trinajstić information content (AvgIpc) is 3.30. The molecule has 0 saturated carbocycles. The summed E-state index contributed by atoms with van der Waals surface area (Å²) in [5.41, 5.74) is 1.72. The number of anilines is 1. The number of carbonyl (C=O) groups excluding carboxylic acids is 1. The molecule has 8 nitrogen and oxygen atoms in total. The number of halogens is 1. The number of benzene rings is 3. The van der Waals surface area contributed by atoms with Crippen molar-refractivity contribution in [3.05, 3.63) is 83.4 Å². The number of carbonyl (C=O) groups is 2. The molecule has 36 heavy (non-hydrogen) atoms. The molecular weight excluding hydrogens is 502 g/mol. The van der Waals surface area contributed by atoms with E-state index in [9.17, 15) is 14.7 Å². The molecule has 1 heterocycles. The summed E-state index contributed by atoms with van der Waals surface area (Å²) >= 11 is 7.48. The quantitative estimate of drug-likeness (QED) is 0.290. The Bertz CT molecular complexity index is 1290. The second-order valence-corrected chi connectivity index (χ2v) is 9.40. The maximum Gasteiger partial charge on any atom is 0.416 e. The number of hydrogen-bond donors (Lipinski definition) is 1. The lowest BCUT2D eigenvalue weighted by Gasteiger charge is -2.20. The van der Waals surface area contributed by atoms with E-state index in [1.165, 1.54) is 0 Å². The summed E-state index contributed by atoms with van der Waals surface area (Å²) in [5.74, 6) is -0.190. The minimum Gasteiger partial charge on any atom is -0.492 e. The number of thiazole rings is 1. The Hall–Kier alpha value is -3.82. The first-order valence-electron chi connectivity index (χ1n) is 11.1. The van der Waals surface area contributed by atoms with Gasteiger partial charge in [-0.1, -0.05) is 47.2 Å². The van der Waals surface area contributed by atoms with E-state index in [-0.39, 0.29) is 12.3 Å². The highest BCUT2D eigenvalue weighted by atomic mass is 35.5. The van der Waals surface area contributed by atoms with Gasteiger partial charge in [0.05, 0.1) is 16.8 Å². The Kier molecular flexibility index (Phi) is 8.24. The van der Waals surface area contributed by atoms with Crippen LogP contribution >= 0.6 is 22.9 Å². The van der Waals surface area contributed by atoms with E-state index < -0.39 is 18.6 Å². The number of carboxylic acids is 1. The monoisotopic (exact) mass is 525 g/mol. The Morgan fingerprint density at radius 2 is 1.69 bits per heavy atom. The zero-order valence-corrected chi connectivity index (χ0v) is 21.0. The van der Waals surface area contributed by atoms with Crippen LogP contribution in [0.5, 0.6) is 11.5 Å². The molecule has 0 spiro atoms. The summed E-state index contributed by atoms with van der Waals surface area (Å²) in [4.78, 5) is 31.6. The largest absolute Gasteiger partial charge is 0.492 e. The van der Waals surface area contributed by atoms with Crippen molar-refractivity contribution in [2.24, 2.45) is 0 Å². The van der Waals surface area contributed by atoms with Gasteiger partial charge in [-0.15, -0.1) is 0 Å². The molecule has 1 aromatic heterocycles. The molecule has 0 aliphatic rings. The van der Waals surface area contributed by atoms with Gasteiger partial charge in [-0.2, -0.15) is 0 Å². The van der Waals surface area contributed by atoms with Crippen molar-refractivity contribution in [2.75, 3.05) is 31.6 Å². The summed E-state index contributed by atoms with van der Waals surface area (Å²) in [6.07, 6.45) is -0.766. The van der Waals surface area contributed by atoms with Gasteiger partial charge in [-0.3, -0.25) is 9.69 Å². The SMILES string of the molecule is CN(CCOc1ccc(CN(CC(=O)O)C(=O)Oc2ccc(Cl)cc2)cc1)c1nc2ccccc2s1. The Balaban J connectivity index is 1.30. The molecule has 0 atom stereocenters. The van der Waals surface area contributed by atoms with E-state index in [1.54, 1.807) is 59.9 Å². The number of likely N-dealkylation sites (N-methyl/N-ethyl adjacent to an activating group) is 1. The average molecular weight is 526 g/mol. The fourth-order valence-electron chi connectivity index (χ4n) is 3.35. The van der Waals surface area contributed by atoms with Gasteiger partial charge in [-0.25, -0.2) is 9.78 Å². The number of aromatic nitrogens is 1. The molecule has 0 aliphatic heterocycles. The van der Waals surface area contributed by atoms with E-state index >= 15 is 0 Å². The molecule has 0 bridgehead atoms. The Morgan fingerprint density at radius 1 is 1.00 bits per heavy atom. The van der Waals surface area contributed by atoms with Crippen LogP contribution in [0.25, 0.3) is 10.2 Å². The van der Waals surface area contributed by atoms with E-state index in [2.05, 4.69) is 16.0 Å². The molecule has 0 saturated heterocycles. The topological polar surface area (TPSA) is 92.2 Å². The summed E-state index contributed by atoms with van der Waals surface area (Å²) in [5, 5.41) is 10.7. The summed E-state index contributed by atoms with van der Waals surface area (Å²) in [6, 6.07) is 21.4. The second-order valence-electron chi connectivity index (χ2n) is 7.95. The van der Waals surface area contributed by atoms with Gasteiger partial charge >= 0.3 is 12.1 Å². The second kappa shape index (κ2) is 11.7. The third kappa shape index (κ3) is 6.87.